The van der Waals surface area contributed by atoms with Gasteiger partial charge < -0.3 is 20.4 Å². The average Bonchev–Trinajstić information content (AvgIpc) is 3.03. The second kappa shape index (κ2) is 7.74. The van der Waals surface area contributed by atoms with Gasteiger partial charge in [-0.1, -0.05) is 12.1 Å². The molecule has 2 aromatic carbocycles. The average molecular weight is 391 g/mol. The Balaban J connectivity index is 2.25. The summed E-state index contributed by atoms with van der Waals surface area (Å²) in [7, 11) is 1.19. The number of nitrogens with zero attached hydrogens (tertiary/aromatic N) is 3. The van der Waals surface area contributed by atoms with Gasteiger partial charge in [-0.05, 0) is 30.7 Å². The molecule has 3 aromatic rings. The first-order valence-corrected chi connectivity index (χ1v) is 8.47. The number of hydrogen-bond donors (Lipinski definition) is 2. The molecule has 3 rings (SSSR count). The number of nitro benzene ring substituents is 1. The van der Waals surface area contributed by atoms with Gasteiger partial charge in [0.2, 0.25) is 0 Å². The van der Waals surface area contributed by atoms with Crippen LogP contribution in [-0.2, 0) is 4.74 Å². The van der Waals surface area contributed by atoms with E-state index in [0.29, 0.717) is 5.69 Å². The number of nitrogens with two attached hydrogens (primary N) is 1. The predicted molar refractivity (Wildman–Crippen MR) is 107 cm³/mol. The summed E-state index contributed by atoms with van der Waals surface area (Å²) in [6.45, 7) is 1.93. The highest BCUT2D eigenvalue weighted by Gasteiger charge is 2.24. The third-order valence-corrected chi connectivity index (χ3v) is 4.29. The molecule has 0 aliphatic heterocycles. The van der Waals surface area contributed by atoms with Gasteiger partial charge in [0.15, 0.2) is 5.69 Å². The van der Waals surface area contributed by atoms with Gasteiger partial charge in [-0.3, -0.25) is 10.1 Å². The van der Waals surface area contributed by atoms with Crippen molar-refractivity contribution in [1.82, 2.24) is 4.57 Å². The van der Waals surface area contributed by atoms with Crippen molar-refractivity contribution < 1.29 is 14.5 Å². The lowest BCUT2D eigenvalue weighted by Crippen LogP contribution is -2.12. The first kappa shape index (κ1) is 19.4. The van der Waals surface area contributed by atoms with E-state index in [4.69, 9.17) is 10.5 Å². The Morgan fingerprint density at radius 3 is 2.69 bits per heavy atom. The fourth-order valence-corrected chi connectivity index (χ4v) is 2.92. The zero-order valence-corrected chi connectivity index (χ0v) is 15.7. The highest BCUT2D eigenvalue weighted by Crippen LogP contribution is 2.33. The third-order valence-electron chi connectivity index (χ3n) is 4.29. The minimum absolute atomic E-state index is 0.0541. The van der Waals surface area contributed by atoms with Crippen molar-refractivity contribution in [3.8, 4) is 11.8 Å². The number of rotatable bonds is 5. The topological polar surface area (TPSA) is 136 Å². The van der Waals surface area contributed by atoms with Gasteiger partial charge in [0.25, 0.3) is 5.69 Å². The number of nitro groups is 1. The quantitative estimate of drug-likeness (QED) is 0.384. The maximum Gasteiger partial charge on any atom is 0.357 e. The van der Waals surface area contributed by atoms with Crippen LogP contribution in [0.2, 0.25) is 0 Å². The molecule has 9 heteroatoms. The zero-order valence-electron chi connectivity index (χ0n) is 15.7. The number of ether oxygens (including phenoxy) is 1. The summed E-state index contributed by atoms with van der Waals surface area (Å²) >= 11 is 0. The number of nitrogens with one attached hydrogen (secondary N) is 1. The van der Waals surface area contributed by atoms with Crippen molar-refractivity contribution in [2.45, 2.75) is 6.92 Å². The SMILES string of the molecule is COC(=O)c1c(N)c(C#N)cn1-c1cc([N+](=O)[O-])ccc1Nc1cccc(C)c1. The van der Waals surface area contributed by atoms with Crippen molar-refractivity contribution in [1.29, 1.82) is 5.26 Å². The highest BCUT2D eigenvalue weighted by molar-refractivity contribution is 5.96. The third kappa shape index (κ3) is 3.72. The number of esters is 1. The number of nitrogen functional groups attached to an aromatic ring is 1. The van der Waals surface area contributed by atoms with Crippen LogP contribution in [0.5, 0.6) is 0 Å². The Labute approximate surface area is 166 Å². The smallest absolute Gasteiger partial charge is 0.357 e. The molecule has 146 valence electrons. The van der Waals surface area contributed by atoms with Gasteiger partial charge in [0, 0.05) is 24.0 Å². The molecule has 0 spiro atoms. The standard InChI is InChI=1S/C20H17N5O4/c1-12-4-3-5-14(8-12)23-16-7-6-15(25(27)28)9-17(16)24-11-13(10-21)18(22)19(24)20(26)29-2/h3-9,11,23H,22H2,1-2H3. The number of anilines is 3. The molecule has 3 N–H and O–H groups in total. The monoisotopic (exact) mass is 391 g/mol. The number of carbonyl (C=O) groups excluding carboxylic acids is 1. The second-order valence-electron chi connectivity index (χ2n) is 6.23. The molecule has 9 nitrogen and oxygen atoms in total. The Morgan fingerprint density at radius 2 is 2.07 bits per heavy atom. The molecule has 0 atom stereocenters. The summed E-state index contributed by atoms with van der Waals surface area (Å²) < 4.78 is 6.11. The number of aryl methyl sites for hydroxylation is 1. The van der Waals surface area contributed by atoms with Crippen molar-refractivity contribution in [3.63, 3.8) is 0 Å². The van der Waals surface area contributed by atoms with E-state index in [2.05, 4.69) is 5.32 Å². The Bertz CT molecular complexity index is 1160. The first-order chi connectivity index (χ1) is 13.8. The van der Waals surface area contributed by atoms with E-state index in [1.54, 1.807) is 0 Å². The minimum atomic E-state index is -0.767. The zero-order chi connectivity index (χ0) is 21.1. The number of methoxy groups -OCH3 is 1. The number of hydrogen-bond acceptors (Lipinski definition) is 7. The fourth-order valence-electron chi connectivity index (χ4n) is 2.92. The summed E-state index contributed by atoms with van der Waals surface area (Å²) in [6.07, 6.45) is 1.35. The Hall–Kier alpha value is -4.32. The first-order valence-electron chi connectivity index (χ1n) is 8.47. The molecule has 0 bridgehead atoms. The van der Waals surface area contributed by atoms with Crippen LogP contribution in [-0.4, -0.2) is 22.6 Å². The van der Waals surface area contributed by atoms with E-state index in [1.807, 2.05) is 37.3 Å². The lowest BCUT2D eigenvalue weighted by atomic mass is 10.2. The normalized spacial score (nSPS) is 10.2. The van der Waals surface area contributed by atoms with Gasteiger partial charge in [-0.15, -0.1) is 0 Å². The van der Waals surface area contributed by atoms with Crippen LogP contribution in [0.3, 0.4) is 0 Å². The summed E-state index contributed by atoms with van der Waals surface area (Å²) in [5.41, 5.74) is 8.19. The molecular formula is C20H17N5O4. The molecule has 0 aliphatic carbocycles. The van der Waals surface area contributed by atoms with Crippen LogP contribution in [0.25, 0.3) is 5.69 Å². The second-order valence-corrected chi connectivity index (χ2v) is 6.23. The van der Waals surface area contributed by atoms with Crippen LogP contribution in [0.1, 0.15) is 21.6 Å². The van der Waals surface area contributed by atoms with E-state index in [9.17, 15) is 20.2 Å². The van der Waals surface area contributed by atoms with Gasteiger partial charge in [-0.25, -0.2) is 4.79 Å². The number of aromatic nitrogens is 1. The highest BCUT2D eigenvalue weighted by atomic mass is 16.6. The Kier molecular flexibility index (Phi) is 5.19. The number of non-ortho nitro benzene ring substituents is 1. The Morgan fingerprint density at radius 1 is 1.31 bits per heavy atom. The van der Waals surface area contributed by atoms with Crippen molar-refractivity contribution in [2.75, 3.05) is 18.2 Å². The maximum atomic E-state index is 12.3. The van der Waals surface area contributed by atoms with Crippen LogP contribution in [0.4, 0.5) is 22.7 Å². The molecular weight excluding hydrogens is 374 g/mol. The number of benzene rings is 2. The molecule has 0 saturated carbocycles. The lowest BCUT2D eigenvalue weighted by molar-refractivity contribution is -0.384. The molecule has 1 heterocycles. The number of nitriles is 1. The summed E-state index contributed by atoms with van der Waals surface area (Å²) in [4.78, 5) is 23.1. The van der Waals surface area contributed by atoms with E-state index in [1.165, 1.54) is 36.1 Å². The van der Waals surface area contributed by atoms with E-state index >= 15 is 0 Å². The molecule has 0 fully saturated rings. The van der Waals surface area contributed by atoms with E-state index in [-0.39, 0.29) is 28.3 Å². The largest absolute Gasteiger partial charge is 0.464 e. The van der Waals surface area contributed by atoms with E-state index in [0.717, 1.165) is 11.3 Å². The molecule has 1 aromatic heterocycles. The van der Waals surface area contributed by atoms with Gasteiger partial charge in [0.05, 0.1) is 34.7 Å². The number of carbonyl (C=O) groups is 1. The van der Waals surface area contributed by atoms with Crippen molar-refractivity contribution in [3.05, 3.63) is 75.6 Å². The molecule has 0 radical (unpaired) electrons. The van der Waals surface area contributed by atoms with Gasteiger partial charge in [-0.2, -0.15) is 5.26 Å². The van der Waals surface area contributed by atoms with Crippen LogP contribution in [0.15, 0.2) is 48.7 Å². The fraction of sp³-hybridized carbons (Fsp3) is 0.100. The molecule has 29 heavy (non-hydrogen) atoms. The van der Waals surface area contributed by atoms with Crippen molar-refractivity contribution >= 4 is 28.7 Å². The predicted octanol–water partition coefficient (Wildman–Crippen LogP) is 3.68. The molecule has 0 aliphatic rings. The molecule has 0 saturated heterocycles. The summed E-state index contributed by atoms with van der Waals surface area (Å²) in [5, 5.41) is 23.8. The lowest BCUT2D eigenvalue weighted by Gasteiger charge is -2.15. The summed E-state index contributed by atoms with van der Waals surface area (Å²) in [5.74, 6) is -0.767. The van der Waals surface area contributed by atoms with Gasteiger partial charge in [0.1, 0.15) is 6.07 Å². The summed E-state index contributed by atoms with van der Waals surface area (Å²) in [6, 6.07) is 13.6. The van der Waals surface area contributed by atoms with Crippen LogP contribution < -0.4 is 11.1 Å². The molecule has 0 unspecified atom stereocenters. The van der Waals surface area contributed by atoms with Crippen LogP contribution >= 0.6 is 0 Å². The minimum Gasteiger partial charge on any atom is -0.464 e. The van der Waals surface area contributed by atoms with Crippen LogP contribution in [0, 0.1) is 28.4 Å². The molecule has 0 amide bonds. The maximum absolute atomic E-state index is 12.3. The van der Waals surface area contributed by atoms with Gasteiger partial charge >= 0.3 is 5.97 Å². The van der Waals surface area contributed by atoms with E-state index < -0.39 is 10.9 Å². The van der Waals surface area contributed by atoms with Crippen molar-refractivity contribution in [2.24, 2.45) is 0 Å².